The summed E-state index contributed by atoms with van der Waals surface area (Å²) in [7, 11) is 1.65. The van der Waals surface area contributed by atoms with Crippen molar-refractivity contribution < 1.29 is 4.79 Å². The smallest absolute Gasteiger partial charge is 0.242 e. The fourth-order valence-electron chi connectivity index (χ4n) is 2.74. The molecule has 0 radical (unpaired) electrons. The highest BCUT2D eigenvalue weighted by Crippen LogP contribution is 2.26. The van der Waals surface area contributed by atoms with Crippen molar-refractivity contribution in [3.63, 3.8) is 0 Å². The Morgan fingerprint density at radius 3 is 2.32 bits per heavy atom. The molecule has 128 valence electrons. The van der Waals surface area contributed by atoms with E-state index in [1.807, 2.05) is 68.4 Å². The number of nitrogens with zero attached hydrogens (tertiary/aromatic N) is 2. The summed E-state index contributed by atoms with van der Waals surface area (Å²) in [6.07, 6.45) is 0. The summed E-state index contributed by atoms with van der Waals surface area (Å²) >= 11 is 0. The topological polar surface area (TPSA) is 66.9 Å². The molecule has 2 N–H and O–H groups in total. The van der Waals surface area contributed by atoms with Crippen LogP contribution in [0.4, 0.5) is 5.82 Å². The maximum atomic E-state index is 12.2. The fourth-order valence-corrected chi connectivity index (χ4v) is 2.74. The van der Waals surface area contributed by atoms with Crippen molar-refractivity contribution in [2.24, 2.45) is 5.92 Å². The Morgan fingerprint density at radius 1 is 0.960 bits per heavy atom. The van der Waals surface area contributed by atoms with Crippen molar-refractivity contribution >= 4 is 22.6 Å². The van der Waals surface area contributed by atoms with Gasteiger partial charge in [-0.2, -0.15) is 0 Å². The highest BCUT2D eigenvalue weighted by molar-refractivity contribution is 5.93. The molecule has 1 amide bonds. The molecule has 1 unspecified atom stereocenters. The van der Waals surface area contributed by atoms with Gasteiger partial charge in [-0.05, 0) is 18.1 Å². The van der Waals surface area contributed by atoms with Crippen LogP contribution in [0.15, 0.2) is 54.6 Å². The van der Waals surface area contributed by atoms with Gasteiger partial charge in [-0.15, -0.1) is 0 Å². The second-order valence-corrected chi connectivity index (χ2v) is 6.26. The van der Waals surface area contributed by atoms with Crippen molar-refractivity contribution in [1.29, 1.82) is 0 Å². The van der Waals surface area contributed by atoms with Crippen LogP contribution < -0.4 is 10.6 Å². The number of hydrogen-bond acceptors (Lipinski definition) is 4. The Kier molecular flexibility index (Phi) is 4.93. The lowest BCUT2D eigenvalue weighted by atomic mass is 10.0. The average molecular weight is 334 g/mol. The molecule has 0 spiro atoms. The maximum absolute atomic E-state index is 12.2. The van der Waals surface area contributed by atoms with Crippen LogP contribution >= 0.6 is 0 Å². The van der Waals surface area contributed by atoms with Gasteiger partial charge in [0.2, 0.25) is 5.91 Å². The average Bonchev–Trinajstić information content (AvgIpc) is 2.65. The third-order valence-corrected chi connectivity index (χ3v) is 4.12. The first kappa shape index (κ1) is 16.9. The van der Waals surface area contributed by atoms with Gasteiger partial charge in [-0.25, -0.2) is 9.97 Å². The van der Waals surface area contributed by atoms with Crippen LogP contribution in [-0.2, 0) is 4.79 Å². The Hall–Kier alpha value is -2.95. The number of benzene rings is 2. The quantitative estimate of drug-likeness (QED) is 0.750. The number of amides is 1. The molecule has 2 aromatic carbocycles. The summed E-state index contributed by atoms with van der Waals surface area (Å²) in [6.45, 7) is 4.02. The van der Waals surface area contributed by atoms with Gasteiger partial charge in [0.05, 0.1) is 5.52 Å². The molecular formula is C20H22N4O. The predicted molar refractivity (Wildman–Crippen MR) is 101 cm³/mol. The van der Waals surface area contributed by atoms with E-state index in [2.05, 4.69) is 15.6 Å². The van der Waals surface area contributed by atoms with Crippen LogP contribution in [0.5, 0.6) is 0 Å². The van der Waals surface area contributed by atoms with E-state index < -0.39 is 0 Å². The van der Waals surface area contributed by atoms with E-state index in [1.165, 1.54) is 0 Å². The van der Waals surface area contributed by atoms with Crippen molar-refractivity contribution in [2.75, 3.05) is 12.4 Å². The molecule has 1 atom stereocenters. The maximum Gasteiger partial charge on any atom is 0.242 e. The first-order valence-corrected chi connectivity index (χ1v) is 8.40. The molecule has 0 aliphatic carbocycles. The first-order chi connectivity index (χ1) is 12.1. The lowest BCUT2D eigenvalue weighted by molar-refractivity contribution is -0.122. The summed E-state index contributed by atoms with van der Waals surface area (Å²) in [5.74, 6) is 1.38. The van der Waals surface area contributed by atoms with Gasteiger partial charge in [0.25, 0.3) is 0 Å². The van der Waals surface area contributed by atoms with E-state index >= 15 is 0 Å². The van der Waals surface area contributed by atoms with Gasteiger partial charge in [0.15, 0.2) is 5.82 Å². The number of carbonyl (C=O) groups excluding carboxylic acids is 1. The molecule has 1 aromatic heterocycles. The molecule has 0 saturated heterocycles. The summed E-state index contributed by atoms with van der Waals surface area (Å²) in [5, 5.41) is 6.94. The molecular weight excluding hydrogens is 312 g/mol. The van der Waals surface area contributed by atoms with Gasteiger partial charge in [-0.1, -0.05) is 56.3 Å². The van der Waals surface area contributed by atoms with Gasteiger partial charge in [-0.3, -0.25) is 4.79 Å². The Labute approximate surface area is 147 Å². The van der Waals surface area contributed by atoms with E-state index in [4.69, 9.17) is 4.98 Å². The normalized spacial score (nSPS) is 12.2. The van der Waals surface area contributed by atoms with Crippen LogP contribution in [0.1, 0.15) is 13.8 Å². The Morgan fingerprint density at radius 2 is 1.64 bits per heavy atom. The van der Waals surface area contributed by atoms with E-state index in [0.717, 1.165) is 16.5 Å². The molecule has 5 heteroatoms. The van der Waals surface area contributed by atoms with Crippen molar-refractivity contribution in [2.45, 2.75) is 19.9 Å². The molecule has 25 heavy (non-hydrogen) atoms. The second kappa shape index (κ2) is 7.30. The highest BCUT2D eigenvalue weighted by Gasteiger charge is 2.22. The van der Waals surface area contributed by atoms with Gasteiger partial charge in [0, 0.05) is 18.0 Å². The third kappa shape index (κ3) is 3.60. The monoisotopic (exact) mass is 334 g/mol. The predicted octanol–water partition coefficient (Wildman–Crippen LogP) is 3.48. The lowest BCUT2D eigenvalue weighted by Crippen LogP contribution is -2.41. The largest absolute Gasteiger partial charge is 0.358 e. The van der Waals surface area contributed by atoms with Crippen molar-refractivity contribution in [3.8, 4) is 11.4 Å². The second-order valence-electron chi connectivity index (χ2n) is 6.26. The highest BCUT2D eigenvalue weighted by atomic mass is 16.2. The molecule has 0 aliphatic heterocycles. The first-order valence-electron chi connectivity index (χ1n) is 8.40. The standard InChI is InChI=1S/C20H22N4O/c1-13(2)17(20(25)21-3)23-19-15-11-7-8-12-16(15)22-18(24-19)14-9-5-4-6-10-14/h4-13,17H,1-3H3,(H,21,25)(H,22,23,24). The van der Waals surface area contributed by atoms with Gasteiger partial charge >= 0.3 is 0 Å². The number of fused-ring (bicyclic) bond motifs is 1. The van der Waals surface area contributed by atoms with Crippen LogP contribution in [0.2, 0.25) is 0 Å². The Bertz CT molecular complexity index is 877. The number of nitrogens with one attached hydrogen (secondary N) is 2. The molecule has 0 saturated carbocycles. The number of carbonyl (C=O) groups is 1. The lowest BCUT2D eigenvalue weighted by Gasteiger charge is -2.22. The summed E-state index contributed by atoms with van der Waals surface area (Å²) in [6, 6.07) is 17.3. The number of anilines is 1. The van der Waals surface area contributed by atoms with Crippen LogP contribution in [0.3, 0.4) is 0 Å². The minimum absolute atomic E-state index is 0.0565. The molecule has 3 aromatic rings. The number of rotatable bonds is 5. The zero-order chi connectivity index (χ0) is 17.8. The minimum Gasteiger partial charge on any atom is -0.358 e. The number of hydrogen-bond donors (Lipinski definition) is 2. The molecule has 0 fully saturated rings. The van der Waals surface area contributed by atoms with E-state index in [9.17, 15) is 4.79 Å². The van der Waals surface area contributed by atoms with Crippen molar-refractivity contribution in [3.05, 3.63) is 54.6 Å². The summed E-state index contributed by atoms with van der Waals surface area (Å²) in [4.78, 5) is 21.6. The molecule has 3 rings (SSSR count). The SMILES string of the molecule is CNC(=O)C(Nc1nc(-c2ccccc2)nc2ccccc12)C(C)C. The summed E-state index contributed by atoms with van der Waals surface area (Å²) < 4.78 is 0. The fraction of sp³-hybridized carbons (Fsp3) is 0.250. The van der Waals surface area contributed by atoms with E-state index in [-0.39, 0.29) is 17.9 Å². The van der Waals surface area contributed by atoms with Crippen LogP contribution in [0.25, 0.3) is 22.3 Å². The van der Waals surface area contributed by atoms with Gasteiger partial charge in [0.1, 0.15) is 11.9 Å². The number of para-hydroxylation sites is 1. The van der Waals surface area contributed by atoms with E-state index in [0.29, 0.717) is 11.6 Å². The number of aromatic nitrogens is 2. The minimum atomic E-state index is -0.369. The molecule has 0 bridgehead atoms. The van der Waals surface area contributed by atoms with E-state index in [1.54, 1.807) is 7.05 Å². The van der Waals surface area contributed by atoms with Crippen LogP contribution in [-0.4, -0.2) is 29.0 Å². The Balaban J connectivity index is 2.11. The molecule has 1 heterocycles. The van der Waals surface area contributed by atoms with Crippen LogP contribution in [0, 0.1) is 5.92 Å². The zero-order valence-corrected chi connectivity index (χ0v) is 14.7. The van der Waals surface area contributed by atoms with Crippen molar-refractivity contribution in [1.82, 2.24) is 15.3 Å². The molecule has 5 nitrogen and oxygen atoms in total. The summed E-state index contributed by atoms with van der Waals surface area (Å²) in [5.41, 5.74) is 1.79. The molecule has 0 aliphatic rings. The zero-order valence-electron chi connectivity index (χ0n) is 14.7. The number of likely N-dealkylation sites (N-methyl/N-ethyl adjacent to an activating group) is 1. The van der Waals surface area contributed by atoms with Gasteiger partial charge < -0.3 is 10.6 Å². The third-order valence-electron chi connectivity index (χ3n) is 4.12.